The lowest BCUT2D eigenvalue weighted by atomic mass is 10.2. The van der Waals surface area contributed by atoms with Crippen molar-refractivity contribution < 1.29 is 22.9 Å². The highest BCUT2D eigenvalue weighted by molar-refractivity contribution is 7.89. The topological polar surface area (TPSA) is 119 Å². The van der Waals surface area contributed by atoms with E-state index in [4.69, 9.17) is 4.74 Å². The van der Waals surface area contributed by atoms with Crippen molar-refractivity contribution >= 4 is 21.8 Å². The predicted octanol–water partition coefficient (Wildman–Crippen LogP) is 2.19. The highest BCUT2D eigenvalue weighted by atomic mass is 32.2. The number of non-ortho nitro benzene ring substituents is 1. The van der Waals surface area contributed by atoms with Crippen molar-refractivity contribution in [2.75, 3.05) is 13.1 Å². The molecule has 144 valence electrons. The van der Waals surface area contributed by atoms with Crippen LogP contribution in [0.2, 0.25) is 0 Å². The van der Waals surface area contributed by atoms with Gasteiger partial charge in [0.25, 0.3) is 5.69 Å². The number of ether oxygens (including phenoxy) is 1. The average molecular weight is 385 g/mol. The van der Waals surface area contributed by atoms with E-state index in [2.05, 4.69) is 4.72 Å². The SMILES string of the molecule is Cc1ccc([N+](=O)[O-])cc1S(=O)(=O)N[C@@H]1CCN(C(=O)OC(C)(C)C)C1. The van der Waals surface area contributed by atoms with E-state index in [0.29, 0.717) is 18.5 Å². The van der Waals surface area contributed by atoms with E-state index >= 15 is 0 Å². The highest BCUT2D eigenvalue weighted by Crippen LogP contribution is 2.23. The van der Waals surface area contributed by atoms with Gasteiger partial charge in [-0.25, -0.2) is 17.9 Å². The number of amides is 1. The Bertz CT molecular complexity index is 816. The minimum atomic E-state index is -3.95. The average Bonchev–Trinajstić information content (AvgIpc) is 2.93. The van der Waals surface area contributed by atoms with Crippen molar-refractivity contribution in [3.63, 3.8) is 0 Å². The van der Waals surface area contributed by atoms with Crippen LogP contribution in [0.5, 0.6) is 0 Å². The molecule has 1 aromatic carbocycles. The van der Waals surface area contributed by atoms with E-state index in [9.17, 15) is 23.3 Å². The molecular weight excluding hydrogens is 362 g/mol. The second-order valence-electron chi connectivity index (χ2n) is 7.24. The van der Waals surface area contributed by atoms with Crippen molar-refractivity contribution in [3.8, 4) is 0 Å². The molecular formula is C16H23N3O6S. The quantitative estimate of drug-likeness (QED) is 0.627. The van der Waals surface area contributed by atoms with E-state index in [1.807, 2.05) is 0 Å². The number of likely N-dealkylation sites (tertiary alicyclic amines) is 1. The van der Waals surface area contributed by atoms with Gasteiger partial charge in [-0.2, -0.15) is 0 Å². The molecule has 1 aliphatic rings. The van der Waals surface area contributed by atoms with Crippen LogP contribution in [0.1, 0.15) is 32.8 Å². The Morgan fingerprint density at radius 3 is 2.62 bits per heavy atom. The lowest BCUT2D eigenvalue weighted by Crippen LogP contribution is -2.40. The van der Waals surface area contributed by atoms with Crippen molar-refractivity contribution in [2.45, 2.75) is 50.7 Å². The number of nitrogens with zero attached hydrogens (tertiary/aromatic N) is 2. The molecule has 0 unspecified atom stereocenters. The Hall–Kier alpha value is -2.20. The fourth-order valence-electron chi connectivity index (χ4n) is 2.62. The summed E-state index contributed by atoms with van der Waals surface area (Å²) in [5.41, 5.74) is -0.516. The van der Waals surface area contributed by atoms with Crippen LogP contribution in [0.25, 0.3) is 0 Å². The van der Waals surface area contributed by atoms with Gasteiger partial charge in [0.2, 0.25) is 10.0 Å². The molecule has 0 saturated carbocycles. The third-order valence-electron chi connectivity index (χ3n) is 3.83. The number of nitro benzene ring substituents is 1. The third kappa shape index (κ3) is 4.92. The Morgan fingerprint density at radius 2 is 2.04 bits per heavy atom. The minimum Gasteiger partial charge on any atom is -0.444 e. The van der Waals surface area contributed by atoms with Crippen LogP contribution in [0.3, 0.4) is 0 Å². The van der Waals surface area contributed by atoms with Gasteiger partial charge in [0.05, 0.1) is 9.82 Å². The molecule has 1 N–H and O–H groups in total. The fourth-order valence-corrected chi connectivity index (χ4v) is 4.15. The maximum atomic E-state index is 12.6. The normalized spacial score (nSPS) is 18.0. The van der Waals surface area contributed by atoms with Crippen LogP contribution in [-0.2, 0) is 14.8 Å². The van der Waals surface area contributed by atoms with Gasteiger partial charge in [0.15, 0.2) is 0 Å². The number of nitro groups is 1. The zero-order chi connectivity index (χ0) is 19.7. The number of aryl methyl sites for hydroxylation is 1. The molecule has 0 spiro atoms. The number of sulfonamides is 1. The molecule has 1 amide bonds. The lowest BCUT2D eigenvalue weighted by Gasteiger charge is -2.24. The maximum Gasteiger partial charge on any atom is 0.410 e. The number of carbonyl (C=O) groups is 1. The summed E-state index contributed by atoms with van der Waals surface area (Å²) >= 11 is 0. The smallest absolute Gasteiger partial charge is 0.410 e. The largest absolute Gasteiger partial charge is 0.444 e. The molecule has 0 aliphatic carbocycles. The van der Waals surface area contributed by atoms with Gasteiger partial charge in [-0.15, -0.1) is 0 Å². The van der Waals surface area contributed by atoms with Crippen molar-refractivity contribution in [3.05, 3.63) is 33.9 Å². The van der Waals surface area contributed by atoms with Crippen LogP contribution in [-0.4, -0.2) is 49.1 Å². The monoisotopic (exact) mass is 385 g/mol. The molecule has 1 aliphatic heterocycles. The number of rotatable bonds is 4. The number of nitrogens with one attached hydrogen (secondary N) is 1. The summed E-state index contributed by atoms with van der Waals surface area (Å²) < 4.78 is 33.0. The highest BCUT2D eigenvalue weighted by Gasteiger charge is 2.33. The molecule has 2 rings (SSSR count). The number of carbonyl (C=O) groups excluding carboxylic acids is 1. The summed E-state index contributed by atoms with van der Waals surface area (Å²) in [6, 6.07) is 3.21. The van der Waals surface area contributed by atoms with Crippen LogP contribution in [0.4, 0.5) is 10.5 Å². The Labute approximate surface area is 152 Å². The molecule has 26 heavy (non-hydrogen) atoms. The summed E-state index contributed by atoms with van der Waals surface area (Å²) in [5, 5.41) is 10.9. The Balaban J connectivity index is 2.10. The van der Waals surface area contributed by atoms with Crippen molar-refractivity contribution in [2.24, 2.45) is 0 Å². The van der Waals surface area contributed by atoms with E-state index in [1.54, 1.807) is 27.7 Å². The maximum absolute atomic E-state index is 12.6. The van der Waals surface area contributed by atoms with Crippen LogP contribution in [0, 0.1) is 17.0 Å². The van der Waals surface area contributed by atoms with E-state index in [1.165, 1.54) is 17.0 Å². The minimum absolute atomic E-state index is 0.137. The van der Waals surface area contributed by atoms with Gasteiger partial charge in [-0.1, -0.05) is 6.07 Å². The molecule has 0 aromatic heterocycles. The standard InChI is InChI=1S/C16H23N3O6S/c1-11-5-6-13(19(21)22)9-14(11)26(23,24)17-12-7-8-18(10-12)15(20)25-16(2,3)4/h5-6,9,12,17H,7-8,10H2,1-4H3/t12-/m1/s1. The first-order chi connectivity index (χ1) is 11.9. The summed E-state index contributed by atoms with van der Waals surface area (Å²) in [6.45, 7) is 7.39. The molecule has 0 radical (unpaired) electrons. The van der Waals surface area contributed by atoms with Crippen molar-refractivity contribution in [1.82, 2.24) is 9.62 Å². The van der Waals surface area contributed by atoms with Gasteiger partial charge in [0, 0.05) is 31.3 Å². The number of benzene rings is 1. The van der Waals surface area contributed by atoms with Gasteiger partial charge in [-0.05, 0) is 39.7 Å². The van der Waals surface area contributed by atoms with Gasteiger partial charge in [0.1, 0.15) is 5.60 Å². The zero-order valence-electron chi connectivity index (χ0n) is 15.2. The van der Waals surface area contributed by atoms with Crippen LogP contribution < -0.4 is 4.72 Å². The number of hydrogen-bond donors (Lipinski definition) is 1. The summed E-state index contributed by atoms with van der Waals surface area (Å²) in [4.78, 5) is 23.6. The van der Waals surface area contributed by atoms with Gasteiger partial charge < -0.3 is 9.64 Å². The predicted molar refractivity (Wildman–Crippen MR) is 94.4 cm³/mol. The zero-order valence-corrected chi connectivity index (χ0v) is 16.0. The van der Waals surface area contributed by atoms with Gasteiger partial charge in [-0.3, -0.25) is 10.1 Å². The van der Waals surface area contributed by atoms with Gasteiger partial charge >= 0.3 is 6.09 Å². The first kappa shape index (κ1) is 20.1. The first-order valence-corrected chi connectivity index (χ1v) is 9.63. The molecule has 1 aromatic rings. The molecule has 1 atom stereocenters. The van der Waals surface area contributed by atoms with E-state index in [-0.39, 0.29) is 17.1 Å². The fraction of sp³-hybridized carbons (Fsp3) is 0.562. The molecule has 9 nitrogen and oxygen atoms in total. The first-order valence-electron chi connectivity index (χ1n) is 8.14. The van der Waals surface area contributed by atoms with Crippen molar-refractivity contribution in [1.29, 1.82) is 0 Å². The van der Waals surface area contributed by atoms with Crippen LogP contribution in [0.15, 0.2) is 23.1 Å². The molecule has 1 saturated heterocycles. The summed E-state index contributed by atoms with van der Waals surface area (Å²) in [7, 11) is -3.95. The van der Waals surface area contributed by atoms with Crippen LogP contribution >= 0.6 is 0 Å². The molecule has 1 fully saturated rings. The second kappa shape index (κ2) is 7.20. The Morgan fingerprint density at radius 1 is 1.38 bits per heavy atom. The third-order valence-corrected chi connectivity index (χ3v) is 5.50. The van der Waals surface area contributed by atoms with E-state index in [0.717, 1.165) is 6.07 Å². The molecule has 0 bridgehead atoms. The van der Waals surface area contributed by atoms with E-state index < -0.39 is 32.7 Å². The molecule has 1 heterocycles. The number of hydrogen-bond acceptors (Lipinski definition) is 6. The lowest BCUT2D eigenvalue weighted by molar-refractivity contribution is -0.385. The Kier molecular flexibility index (Phi) is 5.57. The summed E-state index contributed by atoms with van der Waals surface area (Å²) in [5.74, 6) is 0. The summed E-state index contributed by atoms with van der Waals surface area (Å²) in [6.07, 6.45) is -0.0577. The second-order valence-corrected chi connectivity index (χ2v) is 8.92. The molecule has 10 heteroatoms.